The number of hydrogen-bond acceptors (Lipinski definition) is 3. The minimum atomic E-state index is -1.25. The van der Waals surface area contributed by atoms with E-state index in [1.165, 1.54) is 6.07 Å². The van der Waals surface area contributed by atoms with Gasteiger partial charge in [0, 0.05) is 19.1 Å². The number of carboxylic acids is 1. The zero-order valence-corrected chi connectivity index (χ0v) is 10.9. The number of aromatic carboxylic acids is 1. The van der Waals surface area contributed by atoms with Crippen molar-refractivity contribution in [2.45, 2.75) is 25.9 Å². The van der Waals surface area contributed by atoms with Crippen LogP contribution in [0.3, 0.4) is 0 Å². The Kier molecular flexibility index (Phi) is 4.37. The number of anilines is 1. The minimum Gasteiger partial charge on any atom is -0.478 e. The molecule has 2 atom stereocenters. The predicted octanol–water partition coefficient (Wildman–Crippen LogP) is 2.75. The normalized spacial score (nSPS) is 22.4. The molecule has 1 aliphatic heterocycles. The second kappa shape index (κ2) is 6.02. The van der Waals surface area contributed by atoms with Crippen LogP contribution >= 0.6 is 0 Å². The van der Waals surface area contributed by atoms with E-state index in [-0.39, 0.29) is 11.7 Å². The van der Waals surface area contributed by atoms with E-state index < -0.39 is 11.8 Å². The van der Waals surface area contributed by atoms with Gasteiger partial charge in [-0.2, -0.15) is 0 Å². The van der Waals surface area contributed by atoms with E-state index in [0.29, 0.717) is 18.2 Å². The highest BCUT2D eigenvalue weighted by molar-refractivity contribution is 5.94. The van der Waals surface area contributed by atoms with Crippen molar-refractivity contribution < 1.29 is 19.0 Å². The molecule has 1 aromatic rings. The van der Waals surface area contributed by atoms with E-state index in [1.54, 1.807) is 6.07 Å². The number of carbonyl (C=O) groups is 1. The molecule has 2 N–H and O–H groups in total. The summed E-state index contributed by atoms with van der Waals surface area (Å²) in [6.07, 6.45) is 2.08. The number of ether oxygens (including phenoxy) is 1. The molecular weight excluding hydrogens is 249 g/mol. The van der Waals surface area contributed by atoms with Crippen molar-refractivity contribution in [3.05, 3.63) is 29.6 Å². The molecule has 1 aliphatic rings. The van der Waals surface area contributed by atoms with Crippen molar-refractivity contribution in [1.82, 2.24) is 0 Å². The molecule has 1 aromatic carbocycles. The fourth-order valence-electron chi connectivity index (χ4n) is 2.51. The largest absolute Gasteiger partial charge is 0.478 e. The third-order valence-corrected chi connectivity index (χ3v) is 3.53. The van der Waals surface area contributed by atoms with Crippen LogP contribution in [0.2, 0.25) is 0 Å². The Morgan fingerprint density at radius 1 is 1.58 bits per heavy atom. The quantitative estimate of drug-likeness (QED) is 0.861. The maximum absolute atomic E-state index is 13.5. The molecule has 0 aromatic heterocycles. The van der Waals surface area contributed by atoms with Gasteiger partial charge in [-0.25, -0.2) is 9.18 Å². The van der Waals surface area contributed by atoms with E-state index in [0.717, 1.165) is 25.5 Å². The molecule has 0 spiro atoms. The molecule has 0 radical (unpaired) electrons. The molecule has 4 nitrogen and oxygen atoms in total. The van der Waals surface area contributed by atoms with E-state index >= 15 is 0 Å². The van der Waals surface area contributed by atoms with Crippen molar-refractivity contribution in [3.8, 4) is 0 Å². The van der Waals surface area contributed by atoms with Crippen LogP contribution in [0.15, 0.2) is 18.2 Å². The lowest BCUT2D eigenvalue weighted by molar-refractivity contribution is 0.0693. The van der Waals surface area contributed by atoms with Crippen LogP contribution in [-0.4, -0.2) is 30.3 Å². The van der Waals surface area contributed by atoms with Crippen LogP contribution in [0.25, 0.3) is 0 Å². The molecule has 0 amide bonds. The second-order valence-corrected chi connectivity index (χ2v) is 4.71. The molecule has 0 saturated carbocycles. The number of halogens is 1. The molecule has 104 valence electrons. The van der Waals surface area contributed by atoms with Crippen LogP contribution in [0, 0.1) is 11.7 Å². The molecule has 0 bridgehead atoms. The first-order valence-corrected chi connectivity index (χ1v) is 6.50. The third-order valence-electron chi connectivity index (χ3n) is 3.53. The lowest BCUT2D eigenvalue weighted by Crippen LogP contribution is -2.23. The smallest absolute Gasteiger partial charge is 0.340 e. The van der Waals surface area contributed by atoms with Crippen LogP contribution in [0.1, 0.15) is 30.1 Å². The molecule has 5 heteroatoms. The minimum absolute atomic E-state index is 0.203. The van der Waals surface area contributed by atoms with E-state index in [4.69, 9.17) is 9.84 Å². The SMILES string of the molecule is CCC1OCCC1CNc1cccc(F)c1C(=O)O. The zero-order chi connectivity index (χ0) is 13.8. The Hall–Kier alpha value is -1.62. The fraction of sp³-hybridized carbons (Fsp3) is 0.500. The molecule has 1 heterocycles. The van der Waals surface area contributed by atoms with Gasteiger partial charge in [-0.15, -0.1) is 0 Å². The summed E-state index contributed by atoms with van der Waals surface area (Å²) >= 11 is 0. The molecule has 2 unspecified atom stereocenters. The van der Waals surface area contributed by atoms with Gasteiger partial charge in [-0.1, -0.05) is 13.0 Å². The van der Waals surface area contributed by atoms with Crippen molar-refractivity contribution >= 4 is 11.7 Å². The molecular formula is C14H18FNO3. The Bertz CT molecular complexity index is 464. The van der Waals surface area contributed by atoms with Crippen LogP contribution in [-0.2, 0) is 4.74 Å². The van der Waals surface area contributed by atoms with Gasteiger partial charge in [0.1, 0.15) is 11.4 Å². The molecule has 1 fully saturated rings. The molecule has 0 aliphatic carbocycles. The summed E-state index contributed by atoms with van der Waals surface area (Å²) < 4.78 is 19.1. The van der Waals surface area contributed by atoms with Crippen LogP contribution < -0.4 is 5.32 Å². The summed E-state index contributed by atoms with van der Waals surface area (Å²) in [5, 5.41) is 12.1. The first kappa shape index (κ1) is 13.8. The summed E-state index contributed by atoms with van der Waals surface area (Å²) in [6.45, 7) is 3.40. The Morgan fingerprint density at radius 3 is 3.05 bits per heavy atom. The standard InChI is InChI=1S/C14H18FNO3/c1-2-12-9(6-7-19-12)8-16-11-5-3-4-10(15)13(11)14(17)18/h3-5,9,12,16H,2,6-8H2,1H3,(H,17,18). The van der Waals surface area contributed by atoms with E-state index in [9.17, 15) is 9.18 Å². The van der Waals surface area contributed by atoms with Crippen LogP contribution in [0.5, 0.6) is 0 Å². The summed E-state index contributed by atoms with van der Waals surface area (Å²) in [6, 6.07) is 4.25. The van der Waals surface area contributed by atoms with Gasteiger partial charge in [0.15, 0.2) is 0 Å². The average Bonchev–Trinajstić information content (AvgIpc) is 2.83. The van der Waals surface area contributed by atoms with Gasteiger partial charge in [0.05, 0.1) is 11.8 Å². The predicted molar refractivity (Wildman–Crippen MR) is 70.0 cm³/mol. The van der Waals surface area contributed by atoms with Gasteiger partial charge >= 0.3 is 5.97 Å². The number of rotatable bonds is 5. The van der Waals surface area contributed by atoms with Crippen molar-refractivity contribution in [2.75, 3.05) is 18.5 Å². The molecule has 19 heavy (non-hydrogen) atoms. The van der Waals surface area contributed by atoms with E-state index in [2.05, 4.69) is 12.2 Å². The summed E-state index contributed by atoms with van der Waals surface area (Å²) in [5.74, 6) is -1.63. The Balaban J connectivity index is 2.07. The maximum atomic E-state index is 13.5. The summed E-state index contributed by atoms with van der Waals surface area (Å²) in [4.78, 5) is 11.1. The number of carboxylic acid groups (broad SMARTS) is 1. The Labute approximate surface area is 111 Å². The number of benzene rings is 1. The lowest BCUT2D eigenvalue weighted by atomic mass is 9.99. The highest BCUT2D eigenvalue weighted by Crippen LogP contribution is 2.25. The van der Waals surface area contributed by atoms with Gasteiger partial charge < -0.3 is 15.2 Å². The fourth-order valence-corrected chi connectivity index (χ4v) is 2.51. The van der Waals surface area contributed by atoms with Crippen molar-refractivity contribution in [3.63, 3.8) is 0 Å². The topological polar surface area (TPSA) is 58.6 Å². The highest BCUT2D eigenvalue weighted by atomic mass is 19.1. The van der Waals surface area contributed by atoms with Gasteiger partial charge in [0.25, 0.3) is 0 Å². The Morgan fingerprint density at radius 2 is 2.37 bits per heavy atom. The van der Waals surface area contributed by atoms with Gasteiger partial charge in [-0.05, 0) is 25.0 Å². The van der Waals surface area contributed by atoms with Gasteiger partial charge in [-0.3, -0.25) is 0 Å². The van der Waals surface area contributed by atoms with Crippen LogP contribution in [0.4, 0.5) is 10.1 Å². The first-order valence-electron chi connectivity index (χ1n) is 6.50. The van der Waals surface area contributed by atoms with Crippen molar-refractivity contribution in [1.29, 1.82) is 0 Å². The summed E-state index contributed by atoms with van der Waals surface area (Å²) in [5.41, 5.74) is 0.0312. The lowest BCUT2D eigenvalue weighted by Gasteiger charge is -2.18. The average molecular weight is 267 g/mol. The molecule has 1 saturated heterocycles. The van der Waals surface area contributed by atoms with Crippen molar-refractivity contribution in [2.24, 2.45) is 5.92 Å². The van der Waals surface area contributed by atoms with Gasteiger partial charge in [0.2, 0.25) is 0 Å². The number of hydrogen-bond donors (Lipinski definition) is 2. The third kappa shape index (κ3) is 3.04. The highest BCUT2D eigenvalue weighted by Gasteiger charge is 2.27. The molecule has 2 rings (SSSR count). The maximum Gasteiger partial charge on any atom is 0.340 e. The van der Waals surface area contributed by atoms with E-state index in [1.807, 2.05) is 0 Å². The summed E-state index contributed by atoms with van der Waals surface area (Å²) in [7, 11) is 0. The zero-order valence-electron chi connectivity index (χ0n) is 10.9. The first-order chi connectivity index (χ1) is 9.13. The second-order valence-electron chi connectivity index (χ2n) is 4.71. The number of nitrogens with one attached hydrogen (secondary N) is 1. The monoisotopic (exact) mass is 267 g/mol.